The maximum Gasteiger partial charge on any atom is 0.323 e. The highest BCUT2D eigenvalue weighted by Crippen LogP contribution is 2.13. The number of nitrogens with one attached hydrogen (secondary N) is 1. The van der Waals surface area contributed by atoms with E-state index in [0.717, 1.165) is 0 Å². The van der Waals surface area contributed by atoms with Crippen LogP contribution in [0.3, 0.4) is 0 Å². The van der Waals surface area contributed by atoms with E-state index < -0.39 is 0 Å². The lowest BCUT2D eigenvalue weighted by Gasteiger charge is -2.16. The molecule has 0 aliphatic heterocycles. The van der Waals surface area contributed by atoms with Crippen LogP contribution in [0.15, 0.2) is 0 Å². The standard InChI is InChI=1S/C9H15N7O/c1-3-17-9-13-7(15-11)12-8(14-9)16(2)6-4-5-10/h3-4,6,11H2,1-2H3,(H,12,13,14,15). The molecule has 0 bridgehead atoms. The molecule has 0 atom stereocenters. The summed E-state index contributed by atoms with van der Waals surface area (Å²) in [5.41, 5.74) is 2.34. The van der Waals surface area contributed by atoms with E-state index in [9.17, 15) is 0 Å². The van der Waals surface area contributed by atoms with Crippen molar-refractivity contribution in [3.63, 3.8) is 0 Å². The minimum Gasteiger partial charge on any atom is -0.464 e. The molecule has 8 nitrogen and oxygen atoms in total. The summed E-state index contributed by atoms with van der Waals surface area (Å²) in [6.07, 6.45) is 0.386. The van der Waals surface area contributed by atoms with Crippen molar-refractivity contribution >= 4 is 11.9 Å². The van der Waals surface area contributed by atoms with Gasteiger partial charge in [-0.1, -0.05) is 0 Å². The summed E-state index contributed by atoms with van der Waals surface area (Å²) < 4.78 is 5.19. The van der Waals surface area contributed by atoms with Gasteiger partial charge < -0.3 is 9.64 Å². The van der Waals surface area contributed by atoms with E-state index in [2.05, 4.69) is 26.4 Å². The Morgan fingerprint density at radius 2 is 2.24 bits per heavy atom. The summed E-state index contributed by atoms with van der Waals surface area (Å²) in [6, 6.07) is 2.26. The Hall–Kier alpha value is -2.14. The molecule has 1 aromatic rings. The number of ether oxygens (including phenoxy) is 1. The normalized spacial score (nSPS) is 9.53. The fraction of sp³-hybridized carbons (Fsp3) is 0.556. The van der Waals surface area contributed by atoms with Gasteiger partial charge in [0.15, 0.2) is 0 Å². The smallest absolute Gasteiger partial charge is 0.323 e. The number of nitrogen functional groups attached to an aromatic ring is 1. The number of rotatable bonds is 6. The first-order valence-electron chi connectivity index (χ1n) is 5.14. The maximum atomic E-state index is 8.51. The molecule has 0 amide bonds. The zero-order valence-corrected chi connectivity index (χ0v) is 9.84. The second kappa shape index (κ2) is 6.44. The Kier molecular flexibility index (Phi) is 4.90. The third kappa shape index (κ3) is 3.73. The van der Waals surface area contributed by atoms with Crippen LogP contribution < -0.4 is 20.9 Å². The minimum atomic E-state index is 0.203. The second-order valence-corrected chi connectivity index (χ2v) is 3.15. The molecule has 1 aromatic heterocycles. The van der Waals surface area contributed by atoms with Crippen LogP contribution in [-0.4, -0.2) is 35.2 Å². The molecule has 0 saturated heterocycles. The molecule has 0 aromatic carbocycles. The molecule has 0 radical (unpaired) electrons. The number of nitrogens with zero attached hydrogens (tertiary/aromatic N) is 5. The van der Waals surface area contributed by atoms with Crippen LogP contribution in [0.5, 0.6) is 6.01 Å². The molecule has 0 fully saturated rings. The van der Waals surface area contributed by atoms with E-state index in [1.54, 1.807) is 11.9 Å². The summed E-state index contributed by atoms with van der Waals surface area (Å²) in [5.74, 6) is 5.89. The fourth-order valence-electron chi connectivity index (χ4n) is 1.09. The molecule has 1 heterocycles. The van der Waals surface area contributed by atoms with Crippen molar-refractivity contribution in [2.24, 2.45) is 5.84 Å². The lowest BCUT2D eigenvalue weighted by Crippen LogP contribution is -2.23. The van der Waals surface area contributed by atoms with Crippen molar-refractivity contribution in [1.29, 1.82) is 5.26 Å². The van der Waals surface area contributed by atoms with Crippen LogP contribution in [0, 0.1) is 11.3 Å². The number of nitrogens with two attached hydrogens (primary N) is 1. The molecule has 0 saturated carbocycles. The molecule has 1 rings (SSSR count). The zero-order chi connectivity index (χ0) is 12.7. The van der Waals surface area contributed by atoms with Gasteiger partial charge in [0.1, 0.15) is 0 Å². The van der Waals surface area contributed by atoms with Crippen LogP contribution in [0.1, 0.15) is 13.3 Å². The quantitative estimate of drug-likeness (QED) is 0.521. The first-order chi connectivity index (χ1) is 8.21. The van der Waals surface area contributed by atoms with Crippen LogP contribution in [0.2, 0.25) is 0 Å². The first-order valence-corrected chi connectivity index (χ1v) is 5.14. The van der Waals surface area contributed by atoms with Gasteiger partial charge in [-0.05, 0) is 6.92 Å². The van der Waals surface area contributed by atoms with Crippen LogP contribution >= 0.6 is 0 Å². The number of nitriles is 1. The van der Waals surface area contributed by atoms with Crippen molar-refractivity contribution in [3.8, 4) is 12.1 Å². The van der Waals surface area contributed by atoms with Gasteiger partial charge in [0.25, 0.3) is 0 Å². The highest BCUT2D eigenvalue weighted by molar-refractivity contribution is 5.36. The topological polar surface area (TPSA) is 113 Å². The summed E-state index contributed by atoms with van der Waals surface area (Å²) in [7, 11) is 1.78. The summed E-state index contributed by atoms with van der Waals surface area (Å²) in [6.45, 7) is 2.81. The van der Waals surface area contributed by atoms with Crippen molar-refractivity contribution in [1.82, 2.24) is 15.0 Å². The Morgan fingerprint density at radius 3 is 2.82 bits per heavy atom. The molecule has 0 unspecified atom stereocenters. The summed E-state index contributed by atoms with van der Waals surface area (Å²) >= 11 is 0. The summed E-state index contributed by atoms with van der Waals surface area (Å²) in [5, 5.41) is 8.51. The van der Waals surface area contributed by atoms with Gasteiger partial charge in [-0.2, -0.15) is 20.2 Å². The molecule has 0 aliphatic carbocycles. The lowest BCUT2D eigenvalue weighted by molar-refractivity contribution is 0.312. The minimum absolute atomic E-state index is 0.203. The Morgan fingerprint density at radius 1 is 1.47 bits per heavy atom. The number of hydrogen-bond acceptors (Lipinski definition) is 8. The van der Waals surface area contributed by atoms with Gasteiger partial charge >= 0.3 is 6.01 Å². The molecule has 0 spiro atoms. The molecular formula is C9H15N7O. The average Bonchev–Trinajstić information content (AvgIpc) is 2.35. The van der Waals surface area contributed by atoms with E-state index in [0.29, 0.717) is 25.5 Å². The molecular weight excluding hydrogens is 222 g/mol. The van der Waals surface area contributed by atoms with Crippen LogP contribution in [-0.2, 0) is 0 Å². The average molecular weight is 237 g/mol. The molecule has 0 aliphatic rings. The Balaban J connectivity index is 2.89. The van der Waals surface area contributed by atoms with Crippen molar-refractivity contribution in [2.45, 2.75) is 13.3 Å². The largest absolute Gasteiger partial charge is 0.464 e. The van der Waals surface area contributed by atoms with E-state index in [1.807, 2.05) is 6.92 Å². The van der Waals surface area contributed by atoms with E-state index in [4.69, 9.17) is 15.8 Å². The van der Waals surface area contributed by atoms with Gasteiger partial charge in [-0.15, -0.1) is 0 Å². The fourth-order valence-corrected chi connectivity index (χ4v) is 1.09. The SMILES string of the molecule is CCOc1nc(NN)nc(N(C)CCC#N)n1. The second-order valence-electron chi connectivity index (χ2n) is 3.15. The number of aromatic nitrogens is 3. The molecule has 8 heteroatoms. The van der Waals surface area contributed by atoms with Gasteiger partial charge in [0, 0.05) is 13.6 Å². The van der Waals surface area contributed by atoms with Gasteiger partial charge in [-0.25, -0.2) is 5.84 Å². The predicted octanol–water partition coefficient (Wildman–Crippen LogP) is -0.0942. The van der Waals surface area contributed by atoms with E-state index in [1.165, 1.54) is 0 Å². The van der Waals surface area contributed by atoms with Crippen LogP contribution in [0.25, 0.3) is 0 Å². The van der Waals surface area contributed by atoms with Crippen LogP contribution in [0.4, 0.5) is 11.9 Å². The van der Waals surface area contributed by atoms with Crippen molar-refractivity contribution < 1.29 is 4.74 Å². The lowest BCUT2D eigenvalue weighted by atomic mass is 10.4. The van der Waals surface area contributed by atoms with Gasteiger partial charge in [0.2, 0.25) is 11.9 Å². The predicted molar refractivity (Wildman–Crippen MR) is 62.3 cm³/mol. The number of anilines is 2. The highest BCUT2D eigenvalue weighted by atomic mass is 16.5. The molecule has 92 valence electrons. The van der Waals surface area contributed by atoms with E-state index >= 15 is 0 Å². The van der Waals surface area contributed by atoms with Gasteiger partial charge in [-0.3, -0.25) is 5.43 Å². The number of hydrogen-bond donors (Lipinski definition) is 2. The number of hydrazine groups is 1. The monoisotopic (exact) mass is 237 g/mol. The molecule has 17 heavy (non-hydrogen) atoms. The first kappa shape index (κ1) is 12.9. The maximum absolute atomic E-state index is 8.51. The molecule has 3 N–H and O–H groups in total. The van der Waals surface area contributed by atoms with E-state index in [-0.39, 0.29) is 12.0 Å². The van der Waals surface area contributed by atoms with Crippen molar-refractivity contribution in [3.05, 3.63) is 0 Å². The Bertz CT molecular complexity index is 403. The van der Waals surface area contributed by atoms with Gasteiger partial charge in [0.05, 0.1) is 19.1 Å². The van der Waals surface area contributed by atoms with Crippen molar-refractivity contribution in [2.75, 3.05) is 30.5 Å². The zero-order valence-electron chi connectivity index (χ0n) is 9.84. The Labute approximate surface area is 99.4 Å². The third-order valence-electron chi connectivity index (χ3n) is 1.91. The summed E-state index contributed by atoms with van der Waals surface area (Å²) in [4.78, 5) is 13.8. The highest BCUT2D eigenvalue weighted by Gasteiger charge is 2.10. The third-order valence-corrected chi connectivity index (χ3v) is 1.91.